The van der Waals surface area contributed by atoms with Gasteiger partial charge in [-0.15, -0.1) is 0 Å². The second-order valence-corrected chi connectivity index (χ2v) is 5.03. The van der Waals surface area contributed by atoms with Gasteiger partial charge in [0.05, 0.1) is 11.3 Å². The van der Waals surface area contributed by atoms with Crippen LogP contribution in [0.1, 0.15) is 19.4 Å². The normalized spacial score (nSPS) is 16.0. The fourth-order valence-corrected chi connectivity index (χ4v) is 2.19. The fraction of sp³-hybridized carbons (Fsp3) is 0.214. The van der Waals surface area contributed by atoms with E-state index in [0.717, 1.165) is 4.57 Å². The SMILES string of the molecule is CC1(C)C=C(n2c(O)ccnc2=O)c2cnccc2O1. The maximum absolute atomic E-state index is 11.9. The molecular formula is C14H13N3O3. The lowest BCUT2D eigenvalue weighted by Crippen LogP contribution is -2.32. The second-order valence-electron chi connectivity index (χ2n) is 5.03. The lowest BCUT2D eigenvalue weighted by molar-refractivity contribution is 0.157. The Kier molecular flexibility index (Phi) is 2.60. The van der Waals surface area contributed by atoms with Gasteiger partial charge in [-0.25, -0.2) is 14.3 Å². The molecule has 0 amide bonds. The van der Waals surface area contributed by atoms with Gasteiger partial charge < -0.3 is 9.84 Å². The van der Waals surface area contributed by atoms with Crippen LogP contribution < -0.4 is 10.4 Å². The van der Waals surface area contributed by atoms with Crippen LogP contribution in [0.3, 0.4) is 0 Å². The lowest BCUT2D eigenvalue weighted by atomic mass is 10.0. The number of pyridine rings is 1. The minimum Gasteiger partial charge on any atom is -0.494 e. The van der Waals surface area contributed by atoms with Gasteiger partial charge in [0.15, 0.2) is 0 Å². The van der Waals surface area contributed by atoms with E-state index in [1.807, 2.05) is 13.8 Å². The standard InChI is InChI=1S/C14H13N3O3/c1-14(2)7-10(9-8-15-5-3-11(9)20-14)17-12(18)4-6-16-13(17)19/h3-8,18H,1-2H3. The van der Waals surface area contributed by atoms with Gasteiger partial charge in [0.2, 0.25) is 5.88 Å². The van der Waals surface area contributed by atoms with Crippen molar-refractivity contribution in [2.45, 2.75) is 19.4 Å². The summed E-state index contributed by atoms with van der Waals surface area (Å²) in [5.74, 6) is 0.432. The fourth-order valence-electron chi connectivity index (χ4n) is 2.19. The molecule has 0 bridgehead atoms. The molecule has 3 rings (SSSR count). The molecule has 20 heavy (non-hydrogen) atoms. The molecule has 102 valence electrons. The van der Waals surface area contributed by atoms with Crippen LogP contribution in [0.2, 0.25) is 0 Å². The molecule has 3 heterocycles. The lowest BCUT2D eigenvalue weighted by Gasteiger charge is -2.31. The first-order chi connectivity index (χ1) is 9.48. The number of rotatable bonds is 1. The van der Waals surface area contributed by atoms with Crippen molar-refractivity contribution in [3.8, 4) is 11.6 Å². The van der Waals surface area contributed by atoms with Gasteiger partial charge in [-0.1, -0.05) is 0 Å². The minimum atomic E-state index is -0.606. The molecule has 0 aliphatic carbocycles. The predicted octanol–water partition coefficient (Wildman–Crippen LogP) is 1.40. The molecule has 2 aromatic heterocycles. The first-order valence-corrected chi connectivity index (χ1v) is 6.12. The first kappa shape index (κ1) is 12.4. The van der Waals surface area contributed by atoms with Gasteiger partial charge in [-0.05, 0) is 26.0 Å². The summed E-state index contributed by atoms with van der Waals surface area (Å²) in [6.07, 6.45) is 6.24. The number of hydrogen-bond donors (Lipinski definition) is 1. The van der Waals surface area contributed by atoms with E-state index in [1.54, 1.807) is 24.5 Å². The van der Waals surface area contributed by atoms with Crippen molar-refractivity contribution in [1.82, 2.24) is 14.5 Å². The van der Waals surface area contributed by atoms with Crippen molar-refractivity contribution in [1.29, 1.82) is 0 Å². The van der Waals surface area contributed by atoms with Crippen LogP contribution in [0.25, 0.3) is 5.70 Å². The second kappa shape index (κ2) is 4.19. The average Bonchev–Trinajstić information content (AvgIpc) is 2.37. The Bertz CT molecular complexity index is 762. The van der Waals surface area contributed by atoms with Crippen LogP contribution in [-0.4, -0.2) is 25.2 Å². The van der Waals surface area contributed by atoms with Crippen molar-refractivity contribution in [3.05, 3.63) is 52.8 Å². The summed E-state index contributed by atoms with van der Waals surface area (Å²) >= 11 is 0. The quantitative estimate of drug-likeness (QED) is 0.848. The van der Waals surface area contributed by atoms with Crippen molar-refractivity contribution in [3.63, 3.8) is 0 Å². The zero-order valence-corrected chi connectivity index (χ0v) is 11.1. The van der Waals surface area contributed by atoms with E-state index in [2.05, 4.69) is 9.97 Å². The van der Waals surface area contributed by atoms with E-state index < -0.39 is 11.3 Å². The smallest absolute Gasteiger partial charge is 0.354 e. The third-order valence-electron chi connectivity index (χ3n) is 2.98. The monoisotopic (exact) mass is 271 g/mol. The zero-order valence-electron chi connectivity index (χ0n) is 11.1. The van der Waals surface area contributed by atoms with Crippen molar-refractivity contribution < 1.29 is 9.84 Å². The predicted molar refractivity (Wildman–Crippen MR) is 72.5 cm³/mol. The van der Waals surface area contributed by atoms with Crippen LogP contribution in [0.5, 0.6) is 11.6 Å². The minimum absolute atomic E-state index is 0.177. The largest absolute Gasteiger partial charge is 0.494 e. The number of hydrogen-bond acceptors (Lipinski definition) is 5. The molecule has 6 heteroatoms. The summed E-state index contributed by atoms with van der Waals surface area (Å²) in [6.45, 7) is 3.74. The third-order valence-corrected chi connectivity index (χ3v) is 2.98. The highest BCUT2D eigenvalue weighted by molar-refractivity contribution is 5.73. The Morgan fingerprint density at radius 3 is 2.85 bits per heavy atom. The van der Waals surface area contributed by atoms with Gasteiger partial charge in [0.25, 0.3) is 0 Å². The molecule has 1 aliphatic rings. The summed E-state index contributed by atoms with van der Waals surface area (Å²) in [5.41, 5.74) is -0.00766. The van der Waals surface area contributed by atoms with Gasteiger partial charge in [-0.2, -0.15) is 0 Å². The number of ether oxygens (including phenoxy) is 1. The molecule has 1 aliphatic heterocycles. The third kappa shape index (κ3) is 1.95. The van der Waals surface area contributed by atoms with E-state index in [9.17, 15) is 9.90 Å². The van der Waals surface area contributed by atoms with E-state index in [4.69, 9.17) is 4.74 Å². The maximum Gasteiger partial charge on any atom is 0.354 e. The van der Waals surface area contributed by atoms with E-state index in [-0.39, 0.29) is 5.88 Å². The van der Waals surface area contributed by atoms with Crippen molar-refractivity contribution in [2.24, 2.45) is 0 Å². The van der Waals surface area contributed by atoms with Crippen LogP contribution in [0.4, 0.5) is 0 Å². The van der Waals surface area contributed by atoms with Crippen molar-refractivity contribution >= 4 is 5.70 Å². The molecule has 0 fully saturated rings. The first-order valence-electron chi connectivity index (χ1n) is 6.12. The maximum atomic E-state index is 11.9. The Hall–Kier alpha value is -2.63. The van der Waals surface area contributed by atoms with E-state index >= 15 is 0 Å². The van der Waals surface area contributed by atoms with Crippen molar-refractivity contribution in [2.75, 3.05) is 0 Å². The van der Waals surface area contributed by atoms with Crippen LogP contribution in [0.15, 0.2) is 41.6 Å². The average molecular weight is 271 g/mol. The highest BCUT2D eigenvalue weighted by atomic mass is 16.5. The van der Waals surface area contributed by atoms with Gasteiger partial charge in [-0.3, -0.25) is 4.98 Å². The summed E-state index contributed by atoms with van der Waals surface area (Å²) in [4.78, 5) is 19.7. The molecule has 6 nitrogen and oxygen atoms in total. The molecule has 0 saturated carbocycles. The molecular weight excluding hydrogens is 258 g/mol. The van der Waals surface area contributed by atoms with Crippen LogP contribution in [-0.2, 0) is 0 Å². The summed E-state index contributed by atoms with van der Waals surface area (Å²) in [7, 11) is 0. The highest BCUT2D eigenvalue weighted by Gasteiger charge is 2.28. The zero-order chi connectivity index (χ0) is 14.3. The molecule has 0 saturated heterocycles. The molecule has 0 unspecified atom stereocenters. The molecule has 0 aromatic carbocycles. The number of aromatic hydroxyl groups is 1. The molecule has 0 spiro atoms. The number of aromatic nitrogens is 3. The molecule has 1 N–H and O–H groups in total. The van der Waals surface area contributed by atoms with Gasteiger partial charge in [0.1, 0.15) is 11.4 Å². The molecule has 0 radical (unpaired) electrons. The van der Waals surface area contributed by atoms with E-state index in [1.165, 1.54) is 12.3 Å². The Balaban J connectivity index is 2.31. The topological polar surface area (TPSA) is 77.2 Å². The summed E-state index contributed by atoms with van der Waals surface area (Å²) in [6, 6.07) is 3.09. The van der Waals surface area contributed by atoms with Gasteiger partial charge in [0, 0.05) is 24.7 Å². The number of nitrogens with zero attached hydrogens (tertiary/aromatic N) is 3. The Morgan fingerprint density at radius 2 is 2.10 bits per heavy atom. The highest BCUT2D eigenvalue weighted by Crippen LogP contribution is 2.36. The Morgan fingerprint density at radius 1 is 1.30 bits per heavy atom. The van der Waals surface area contributed by atoms with Gasteiger partial charge >= 0.3 is 5.69 Å². The summed E-state index contributed by atoms with van der Waals surface area (Å²) < 4.78 is 6.96. The summed E-state index contributed by atoms with van der Waals surface area (Å²) in [5, 5.41) is 9.96. The molecule has 0 atom stereocenters. The van der Waals surface area contributed by atoms with E-state index in [0.29, 0.717) is 17.0 Å². The Labute approximate surface area is 115 Å². The number of fused-ring (bicyclic) bond motifs is 1. The van der Waals surface area contributed by atoms with Crippen LogP contribution in [0, 0.1) is 0 Å². The molecule has 2 aromatic rings. The van der Waals surface area contributed by atoms with Crippen LogP contribution >= 0.6 is 0 Å².